The summed E-state index contributed by atoms with van der Waals surface area (Å²) in [5.41, 5.74) is 0. The average Bonchev–Trinajstić information content (AvgIpc) is 2.98. The minimum Gasteiger partial charge on any atom is -0.418 e. The van der Waals surface area contributed by atoms with Crippen LogP contribution in [0, 0.1) is 0 Å². The third kappa shape index (κ3) is 34.4. The Morgan fingerprint density at radius 2 is 0.587 bits per heavy atom. The van der Waals surface area contributed by atoms with Crippen molar-refractivity contribution >= 4 is 61.6 Å². The van der Waals surface area contributed by atoms with Crippen molar-refractivity contribution in [2.45, 2.75) is 32.9 Å². The second kappa shape index (κ2) is 29.0. The SMILES string of the molecule is F[B-](F)(F)F.F[B-](F)(F)F.[Ag+].[Ag+].c1ccc(SCCCSc2ccccn2)nc1.c1ccc(SCCCSc2ccccn2)nc1. The molecule has 0 aromatic carbocycles. The van der Waals surface area contributed by atoms with Crippen molar-refractivity contribution in [1.29, 1.82) is 0 Å². The molecule has 4 rings (SSSR count). The van der Waals surface area contributed by atoms with Gasteiger partial charge in [-0.15, -0.1) is 47.0 Å². The summed E-state index contributed by atoms with van der Waals surface area (Å²) in [6.07, 6.45) is 9.69. The fraction of sp³-hybridized carbons (Fsp3) is 0.231. The molecular formula is C26H28Ag2B2F8N4S4. The van der Waals surface area contributed by atoms with Crippen LogP contribution in [0.15, 0.2) is 118 Å². The summed E-state index contributed by atoms with van der Waals surface area (Å²) in [6.45, 7) is 0. The van der Waals surface area contributed by atoms with Crippen LogP contribution >= 0.6 is 47.0 Å². The zero-order valence-corrected chi connectivity index (χ0v) is 29.9. The Kier molecular flexibility index (Phi) is 29.7. The van der Waals surface area contributed by atoms with Gasteiger partial charge < -0.3 is 34.5 Å². The summed E-state index contributed by atoms with van der Waals surface area (Å²) in [5.74, 6) is 4.43. The summed E-state index contributed by atoms with van der Waals surface area (Å²) in [4.78, 5) is 17.1. The topological polar surface area (TPSA) is 51.6 Å². The van der Waals surface area contributed by atoms with Crippen molar-refractivity contribution in [3.05, 3.63) is 97.6 Å². The maximum atomic E-state index is 9.75. The van der Waals surface area contributed by atoms with E-state index in [1.165, 1.54) is 12.8 Å². The van der Waals surface area contributed by atoms with Gasteiger partial charge in [-0.05, 0) is 61.4 Å². The van der Waals surface area contributed by atoms with Crippen molar-refractivity contribution in [3.8, 4) is 0 Å². The van der Waals surface area contributed by atoms with Crippen LogP contribution in [0.3, 0.4) is 0 Å². The maximum absolute atomic E-state index is 9.75. The summed E-state index contributed by atoms with van der Waals surface area (Å²) < 4.78 is 78.0. The van der Waals surface area contributed by atoms with Crippen LogP contribution in [0.5, 0.6) is 0 Å². The Morgan fingerprint density at radius 3 is 0.739 bits per heavy atom. The molecule has 4 aromatic heterocycles. The van der Waals surface area contributed by atoms with E-state index < -0.39 is 14.5 Å². The molecule has 4 nitrogen and oxygen atoms in total. The normalized spacial score (nSPS) is 10.3. The molecule has 0 radical (unpaired) electrons. The summed E-state index contributed by atoms with van der Waals surface area (Å²) >= 11 is 7.24. The number of hydrogen-bond donors (Lipinski definition) is 0. The van der Waals surface area contributed by atoms with Gasteiger partial charge >= 0.3 is 59.3 Å². The summed E-state index contributed by atoms with van der Waals surface area (Å²) in [5, 5.41) is 4.43. The molecular weight excluding hydrogens is 886 g/mol. The number of aromatic nitrogens is 4. The van der Waals surface area contributed by atoms with Gasteiger partial charge in [-0.25, -0.2) is 19.9 Å². The van der Waals surface area contributed by atoms with Gasteiger partial charge in [-0.3, -0.25) is 0 Å². The second-order valence-corrected chi connectivity index (χ2v) is 12.2. The van der Waals surface area contributed by atoms with E-state index >= 15 is 0 Å². The van der Waals surface area contributed by atoms with E-state index in [1.807, 2.05) is 120 Å². The van der Waals surface area contributed by atoms with Crippen LogP contribution in [0.4, 0.5) is 34.5 Å². The number of pyridine rings is 4. The first-order valence-electron chi connectivity index (χ1n) is 12.8. The minimum absolute atomic E-state index is 0. The Bertz CT molecular complexity index is 1040. The molecule has 0 bridgehead atoms. The van der Waals surface area contributed by atoms with E-state index in [4.69, 9.17) is 0 Å². The van der Waals surface area contributed by atoms with Gasteiger partial charge in [-0.1, -0.05) is 24.3 Å². The molecule has 260 valence electrons. The van der Waals surface area contributed by atoms with E-state index in [0.29, 0.717) is 0 Å². The van der Waals surface area contributed by atoms with Gasteiger partial charge in [0.05, 0.1) is 20.1 Å². The Labute approximate surface area is 311 Å². The standard InChI is InChI=1S/2C13H14N2S2.2Ag.2BF4/c2*1-3-8-14-12(6-1)16-10-5-11-17-13-7-2-4-9-15-13;;;2*2-1(3,4)5/h2*1-4,6-9H,5,10-11H2;;;;/q;;2*+1;2*-1. The molecule has 0 amide bonds. The molecule has 0 unspecified atom stereocenters. The summed E-state index contributed by atoms with van der Waals surface area (Å²) in [7, 11) is -12.0. The first kappa shape index (κ1) is 47.2. The van der Waals surface area contributed by atoms with Gasteiger partial charge in [0.25, 0.3) is 0 Å². The number of hydrogen-bond acceptors (Lipinski definition) is 8. The van der Waals surface area contributed by atoms with Crippen LogP contribution in [-0.2, 0) is 44.8 Å². The molecule has 46 heavy (non-hydrogen) atoms. The van der Waals surface area contributed by atoms with E-state index in [2.05, 4.69) is 44.2 Å². The monoisotopic (exact) mass is 912 g/mol. The minimum atomic E-state index is -6.00. The molecule has 0 aliphatic heterocycles. The largest absolute Gasteiger partial charge is 1.00 e. The smallest absolute Gasteiger partial charge is 0.418 e. The van der Waals surface area contributed by atoms with Crippen molar-refractivity contribution in [2.75, 3.05) is 23.0 Å². The van der Waals surface area contributed by atoms with Crippen LogP contribution in [0.2, 0.25) is 0 Å². The Morgan fingerprint density at radius 1 is 0.391 bits per heavy atom. The van der Waals surface area contributed by atoms with E-state index in [9.17, 15) is 34.5 Å². The molecule has 0 atom stereocenters. The molecule has 4 heterocycles. The van der Waals surface area contributed by atoms with Gasteiger partial charge in [0.2, 0.25) is 0 Å². The predicted octanol–water partition coefficient (Wildman–Crippen LogP) is 10.1. The first-order chi connectivity index (χ1) is 20.9. The molecule has 0 aliphatic rings. The van der Waals surface area contributed by atoms with E-state index in [1.54, 1.807) is 0 Å². The van der Waals surface area contributed by atoms with Gasteiger partial charge in [0.15, 0.2) is 0 Å². The fourth-order valence-electron chi connectivity index (χ4n) is 2.55. The molecule has 0 fully saturated rings. The number of rotatable bonds is 12. The molecule has 0 saturated heterocycles. The van der Waals surface area contributed by atoms with Crippen LogP contribution in [0.1, 0.15) is 12.8 Å². The maximum Gasteiger partial charge on any atom is 1.00 e. The van der Waals surface area contributed by atoms with Crippen LogP contribution in [0.25, 0.3) is 0 Å². The zero-order chi connectivity index (χ0) is 32.5. The number of halogens is 8. The van der Waals surface area contributed by atoms with Crippen molar-refractivity contribution in [3.63, 3.8) is 0 Å². The second-order valence-electron chi connectivity index (χ2n) is 7.76. The molecule has 0 N–H and O–H groups in total. The van der Waals surface area contributed by atoms with Gasteiger partial charge in [0.1, 0.15) is 0 Å². The van der Waals surface area contributed by atoms with Crippen molar-refractivity contribution in [2.24, 2.45) is 0 Å². The Balaban J connectivity index is 0. The Hall–Kier alpha value is -0.950. The van der Waals surface area contributed by atoms with Crippen molar-refractivity contribution in [1.82, 2.24) is 19.9 Å². The molecule has 0 aliphatic carbocycles. The molecule has 20 heteroatoms. The fourth-order valence-corrected chi connectivity index (χ4v) is 6.15. The zero-order valence-electron chi connectivity index (χ0n) is 23.7. The van der Waals surface area contributed by atoms with E-state index in [-0.39, 0.29) is 44.8 Å². The van der Waals surface area contributed by atoms with Crippen molar-refractivity contribution < 1.29 is 79.3 Å². The van der Waals surface area contributed by atoms with Gasteiger partial charge in [0, 0.05) is 47.8 Å². The van der Waals surface area contributed by atoms with Crippen LogP contribution in [-0.4, -0.2) is 57.5 Å². The quantitative estimate of drug-likeness (QED) is 0.0603. The summed E-state index contributed by atoms with van der Waals surface area (Å²) in [6, 6.07) is 24.1. The predicted molar refractivity (Wildman–Crippen MR) is 169 cm³/mol. The third-order valence-corrected chi connectivity index (χ3v) is 8.25. The molecule has 0 spiro atoms. The number of thioether (sulfide) groups is 4. The van der Waals surface area contributed by atoms with E-state index in [0.717, 1.165) is 43.1 Å². The molecule has 4 aromatic rings. The average molecular weight is 914 g/mol. The third-order valence-electron chi connectivity index (χ3n) is 4.13. The van der Waals surface area contributed by atoms with Crippen LogP contribution < -0.4 is 0 Å². The number of nitrogens with zero attached hydrogens (tertiary/aromatic N) is 4. The van der Waals surface area contributed by atoms with Gasteiger partial charge in [-0.2, -0.15) is 0 Å². The molecule has 0 saturated carbocycles. The first-order valence-corrected chi connectivity index (χ1v) is 16.7.